The minimum atomic E-state index is -0.252. The molecule has 1 atom stereocenters. The Kier molecular flexibility index (Phi) is 4.09. The molecule has 1 aliphatic rings. The molecule has 1 aromatic rings. The number of hydrogen-bond acceptors (Lipinski definition) is 4. The summed E-state index contributed by atoms with van der Waals surface area (Å²) in [5, 5.41) is 12.8. The fourth-order valence-corrected chi connectivity index (χ4v) is 1.87. The van der Waals surface area contributed by atoms with Crippen LogP contribution in [0.2, 0.25) is 0 Å². The van der Waals surface area contributed by atoms with Crippen molar-refractivity contribution in [2.75, 3.05) is 19.8 Å². The number of nitrogens with one attached hydrogen (secondary N) is 1. The van der Waals surface area contributed by atoms with Crippen LogP contribution in [0.5, 0.6) is 11.5 Å². The molecule has 1 heterocycles. The van der Waals surface area contributed by atoms with Crippen LogP contribution in [0.1, 0.15) is 25.8 Å². The normalized spacial score (nSPS) is 17.3. The van der Waals surface area contributed by atoms with E-state index in [2.05, 4.69) is 12.2 Å². The first-order chi connectivity index (χ1) is 8.68. The Morgan fingerprint density at radius 3 is 2.83 bits per heavy atom. The second-order valence-electron chi connectivity index (χ2n) is 4.87. The molecule has 0 aliphatic carbocycles. The van der Waals surface area contributed by atoms with Crippen molar-refractivity contribution in [2.24, 2.45) is 0 Å². The molecule has 2 rings (SSSR count). The number of aliphatic hydroxyl groups is 1. The van der Waals surface area contributed by atoms with Crippen LogP contribution >= 0.6 is 0 Å². The molecule has 0 saturated heterocycles. The second kappa shape index (κ2) is 5.59. The molecule has 100 valence electrons. The zero-order valence-corrected chi connectivity index (χ0v) is 11.0. The predicted octanol–water partition coefficient (Wildman–Crippen LogP) is 1.71. The molecule has 4 nitrogen and oxygen atoms in total. The number of aliphatic hydroxyl groups excluding tert-OH is 1. The van der Waals surface area contributed by atoms with Crippen molar-refractivity contribution in [3.05, 3.63) is 23.8 Å². The van der Waals surface area contributed by atoms with E-state index >= 15 is 0 Å². The standard InChI is InChI=1S/C14H21NO3/c1-3-14(2,10-16)15-9-11-5-4-6-12-13(11)18-8-7-17-12/h4-6,15-16H,3,7-10H2,1-2H3. The summed E-state index contributed by atoms with van der Waals surface area (Å²) in [5.41, 5.74) is 0.818. The van der Waals surface area contributed by atoms with Crippen molar-refractivity contribution in [3.8, 4) is 11.5 Å². The third-order valence-corrected chi connectivity index (χ3v) is 3.48. The SMILES string of the molecule is CCC(C)(CO)NCc1cccc2c1OCCO2. The van der Waals surface area contributed by atoms with Crippen LogP contribution in [0.15, 0.2) is 18.2 Å². The Labute approximate surface area is 108 Å². The Morgan fingerprint density at radius 1 is 1.33 bits per heavy atom. The maximum atomic E-state index is 9.38. The lowest BCUT2D eigenvalue weighted by Gasteiger charge is -2.28. The van der Waals surface area contributed by atoms with Gasteiger partial charge in [0.25, 0.3) is 0 Å². The molecule has 0 spiro atoms. The summed E-state index contributed by atoms with van der Waals surface area (Å²) in [6.45, 7) is 6.05. The Hall–Kier alpha value is -1.26. The van der Waals surface area contributed by atoms with Crippen molar-refractivity contribution in [1.29, 1.82) is 0 Å². The van der Waals surface area contributed by atoms with E-state index in [1.165, 1.54) is 0 Å². The van der Waals surface area contributed by atoms with Gasteiger partial charge in [0.2, 0.25) is 0 Å². The summed E-state index contributed by atoms with van der Waals surface area (Å²) in [6, 6.07) is 5.91. The summed E-state index contributed by atoms with van der Waals surface area (Å²) < 4.78 is 11.2. The fourth-order valence-electron chi connectivity index (χ4n) is 1.87. The maximum Gasteiger partial charge on any atom is 0.165 e. The molecule has 0 amide bonds. The quantitative estimate of drug-likeness (QED) is 0.836. The minimum Gasteiger partial charge on any atom is -0.486 e. The second-order valence-corrected chi connectivity index (χ2v) is 4.87. The molecule has 2 N–H and O–H groups in total. The fraction of sp³-hybridized carbons (Fsp3) is 0.571. The minimum absolute atomic E-state index is 0.121. The first-order valence-corrected chi connectivity index (χ1v) is 6.42. The lowest BCUT2D eigenvalue weighted by molar-refractivity contribution is 0.161. The van der Waals surface area contributed by atoms with Gasteiger partial charge in [0, 0.05) is 17.6 Å². The van der Waals surface area contributed by atoms with Gasteiger partial charge in [0.05, 0.1) is 6.61 Å². The van der Waals surface area contributed by atoms with E-state index in [9.17, 15) is 5.11 Å². The monoisotopic (exact) mass is 251 g/mol. The summed E-state index contributed by atoms with van der Waals surface area (Å²) in [7, 11) is 0. The number of rotatable bonds is 5. The van der Waals surface area contributed by atoms with Gasteiger partial charge in [-0.25, -0.2) is 0 Å². The van der Waals surface area contributed by atoms with Crippen LogP contribution in [0.4, 0.5) is 0 Å². The number of benzene rings is 1. The smallest absolute Gasteiger partial charge is 0.165 e. The molecule has 18 heavy (non-hydrogen) atoms. The predicted molar refractivity (Wildman–Crippen MR) is 70.1 cm³/mol. The zero-order valence-electron chi connectivity index (χ0n) is 11.0. The number of hydrogen-bond donors (Lipinski definition) is 2. The van der Waals surface area contributed by atoms with E-state index in [4.69, 9.17) is 9.47 Å². The average molecular weight is 251 g/mol. The molecule has 1 aliphatic heterocycles. The summed E-state index contributed by atoms with van der Waals surface area (Å²) in [6.07, 6.45) is 0.871. The first-order valence-electron chi connectivity index (χ1n) is 6.42. The van der Waals surface area contributed by atoms with Crippen molar-refractivity contribution in [1.82, 2.24) is 5.32 Å². The van der Waals surface area contributed by atoms with Gasteiger partial charge in [-0.15, -0.1) is 0 Å². The van der Waals surface area contributed by atoms with Crippen molar-refractivity contribution in [3.63, 3.8) is 0 Å². The molecular formula is C14H21NO3. The number of fused-ring (bicyclic) bond motifs is 1. The number of ether oxygens (including phenoxy) is 2. The van der Waals surface area contributed by atoms with E-state index < -0.39 is 0 Å². The Bertz CT molecular complexity index is 402. The highest BCUT2D eigenvalue weighted by Crippen LogP contribution is 2.33. The summed E-state index contributed by atoms with van der Waals surface area (Å²) >= 11 is 0. The lowest BCUT2D eigenvalue weighted by Crippen LogP contribution is -2.44. The molecule has 1 aromatic carbocycles. The Balaban J connectivity index is 2.10. The van der Waals surface area contributed by atoms with Crippen LogP contribution in [0.25, 0.3) is 0 Å². The third-order valence-electron chi connectivity index (χ3n) is 3.48. The van der Waals surface area contributed by atoms with E-state index in [0.29, 0.717) is 19.8 Å². The largest absolute Gasteiger partial charge is 0.486 e. The van der Waals surface area contributed by atoms with Gasteiger partial charge >= 0.3 is 0 Å². The highest BCUT2D eigenvalue weighted by atomic mass is 16.6. The molecule has 0 aromatic heterocycles. The van der Waals surface area contributed by atoms with Gasteiger partial charge in [0.15, 0.2) is 11.5 Å². The molecular weight excluding hydrogens is 230 g/mol. The van der Waals surface area contributed by atoms with E-state index in [1.807, 2.05) is 25.1 Å². The third kappa shape index (κ3) is 2.76. The van der Waals surface area contributed by atoms with Gasteiger partial charge in [0.1, 0.15) is 13.2 Å². The molecule has 0 bridgehead atoms. The highest BCUT2D eigenvalue weighted by molar-refractivity contribution is 5.47. The van der Waals surface area contributed by atoms with Crippen molar-refractivity contribution >= 4 is 0 Å². The number of para-hydroxylation sites is 1. The zero-order chi connectivity index (χ0) is 13.0. The van der Waals surface area contributed by atoms with Gasteiger partial charge in [-0.2, -0.15) is 0 Å². The lowest BCUT2D eigenvalue weighted by atomic mass is 9.99. The van der Waals surface area contributed by atoms with Crippen molar-refractivity contribution < 1.29 is 14.6 Å². The molecule has 0 saturated carbocycles. The van der Waals surface area contributed by atoms with E-state index in [0.717, 1.165) is 23.5 Å². The molecule has 0 fully saturated rings. The van der Waals surface area contributed by atoms with Crippen LogP contribution in [-0.4, -0.2) is 30.5 Å². The molecule has 0 radical (unpaired) electrons. The van der Waals surface area contributed by atoms with Crippen LogP contribution in [0.3, 0.4) is 0 Å². The maximum absolute atomic E-state index is 9.38. The van der Waals surface area contributed by atoms with Gasteiger partial charge in [-0.1, -0.05) is 19.1 Å². The first kappa shape index (κ1) is 13.2. The van der Waals surface area contributed by atoms with Crippen LogP contribution in [-0.2, 0) is 6.54 Å². The Morgan fingerprint density at radius 2 is 2.11 bits per heavy atom. The van der Waals surface area contributed by atoms with Crippen LogP contribution < -0.4 is 14.8 Å². The molecule has 1 unspecified atom stereocenters. The van der Waals surface area contributed by atoms with Crippen molar-refractivity contribution in [2.45, 2.75) is 32.4 Å². The van der Waals surface area contributed by atoms with Gasteiger partial charge < -0.3 is 19.9 Å². The van der Waals surface area contributed by atoms with E-state index in [1.54, 1.807) is 0 Å². The van der Waals surface area contributed by atoms with Crippen LogP contribution in [0, 0.1) is 0 Å². The van der Waals surface area contributed by atoms with E-state index in [-0.39, 0.29) is 12.1 Å². The summed E-state index contributed by atoms with van der Waals surface area (Å²) in [4.78, 5) is 0. The average Bonchev–Trinajstić information content (AvgIpc) is 2.44. The van der Waals surface area contributed by atoms with Gasteiger partial charge in [-0.3, -0.25) is 0 Å². The summed E-state index contributed by atoms with van der Waals surface area (Å²) in [5.74, 6) is 1.63. The topological polar surface area (TPSA) is 50.7 Å². The van der Waals surface area contributed by atoms with Gasteiger partial charge in [-0.05, 0) is 19.4 Å². The highest BCUT2D eigenvalue weighted by Gasteiger charge is 2.22. The molecule has 4 heteroatoms.